The second-order valence-corrected chi connectivity index (χ2v) is 5.48. The van der Waals surface area contributed by atoms with Crippen molar-refractivity contribution < 1.29 is 28.8 Å². The number of aldehydes is 1. The van der Waals surface area contributed by atoms with E-state index in [1.807, 2.05) is 0 Å². The van der Waals surface area contributed by atoms with Gasteiger partial charge in [0.25, 0.3) is 11.6 Å². The summed E-state index contributed by atoms with van der Waals surface area (Å²) in [5, 5.41) is 13.1. The van der Waals surface area contributed by atoms with Crippen molar-refractivity contribution in [1.29, 1.82) is 0 Å². The summed E-state index contributed by atoms with van der Waals surface area (Å²) in [6.45, 7) is -1.15. The van der Waals surface area contributed by atoms with Crippen LogP contribution in [0.15, 0.2) is 42.5 Å². The average Bonchev–Trinajstić information content (AvgIpc) is 2.66. The fourth-order valence-corrected chi connectivity index (χ4v) is 2.11. The van der Waals surface area contributed by atoms with Gasteiger partial charge >= 0.3 is 5.97 Å². The van der Waals surface area contributed by atoms with Crippen LogP contribution in [-0.4, -0.2) is 36.3 Å². The number of carbonyl (C=O) groups is 3. The van der Waals surface area contributed by atoms with Crippen molar-refractivity contribution in [2.45, 2.75) is 0 Å². The Kier molecular flexibility index (Phi) is 6.84. The minimum Gasteiger partial charge on any atom is -0.481 e. The molecule has 0 aliphatic carbocycles. The van der Waals surface area contributed by atoms with E-state index in [1.165, 1.54) is 24.3 Å². The number of non-ortho nitro benzene ring substituents is 1. The van der Waals surface area contributed by atoms with Gasteiger partial charge in [-0.3, -0.25) is 19.7 Å². The van der Waals surface area contributed by atoms with Gasteiger partial charge in [0.15, 0.2) is 19.5 Å². The zero-order chi connectivity index (χ0) is 19.8. The first kappa shape index (κ1) is 19.9. The standard InChI is InChI=1S/C17H13ClN2O7/c18-13-6-5-12(20(24)25)7-14(13)19-16(22)9-27-17(23)10-26-15-4-2-1-3-11(15)8-21/h1-8H,9-10H2,(H,19,22). The van der Waals surface area contributed by atoms with Crippen LogP contribution in [0, 0.1) is 10.1 Å². The highest BCUT2D eigenvalue weighted by atomic mass is 35.5. The Morgan fingerprint density at radius 3 is 2.63 bits per heavy atom. The van der Waals surface area contributed by atoms with Crippen molar-refractivity contribution in [3.63, 3.8) is 0 Å². The fourth-order valence-electron chi connectivity index (χ4n) is 1.94. The molecule has 0 saturated carbocycles. The maximum Gasteiger partial charge on any atom is 0.344 e. The molecule has 0 aliphatic rings. The van der Waals surface area contributed by atoms with E-state index < -0.39 is 30.0 Å². The second kappa shape index (κ2) is 9.30. The van der Waals surface area contributed by atoms with Gasteiger partial charge in [-0.15, -0.1) is 0 Å². The number of nitro benzene ring substituents is 1. The van der Waals surface area contributed by atoms with E-state index in [1.54, 1.807) is 12.1 Å². The SMILES string of the molecule is O=Cc1ccccc1OCC(=O)OCC(=O)Nc1cc([N+](=O)[O-])ccc1Cl. The summed E-state index contributed by atoms with van der Waals surface area (Å²) in [6.07, 6.45) is 0.580. The molecule has 2 aromatic rings. The molecule has 0 aliphatic heterocycles. The minimum atomic E-state index is -0.837. The van der Waals surface area contributed by atoms with Gasteiger partial charge in [-0.2, -0.15) is 0 Å². The largest absolute Gasteiger partial charge is 0.481 e. The van der Waals surface area contributed by atoms with Crippen molar-refractivity contribution in [3.8, 4) is 5.75 Å². The lowest BCUT2D eigenvalue weighted by Gasteiger charge is -2.09. The van der Waals surface area contributed by atoms with E-state index in [9.17, 15) is 24.5 Å². The molecule has 0 unspecified atom stereocenters. The smallest absolute Gasteiger partial charge is 0.344 e. The van der Waals surface area contributed by atoms with Crippen molar-refractivity contribution in [1.82, 2.24) is 0 Å². The minimum absolute atomic E-state index is 0.0167. The van der Waals surface area contributed by atoms with Gasteiger partial charge in [0.1, 0.15) is 5.75 Å². The molecule has 140 valence electrons. The van der Waals surface area contributed by atoms with Gasteiger partial charge < -0.3 is 14.8 Å². The third kappa shape index (κ3) is 5.79. The van der Waals surface area contributed by atoms with E-state index in [4.69, 9.17) is 21.1 Å². The van der Waals surface area contributed by atoms with Crippen LogP contribution in [0.1, 0.15) is 10.4 Å². The number of hydrogen-bond acceptors (Lipinski definition) is 7. The lowest BCUT2D eigenvalue weighted by Crippen LogP contribution is -2.24. The number of carbonyl (C=O) groups excluding carboxylic acids is 3. The molecule has 1 N–H and O–H groups in total. The molecule has 9 nitrogen and oxygen atoms in total. The molecule has 0 bridgehead atoms. The topological polar surface area (TPSA) is 125 Å². The predicted molar refractivity (Wildman–Crippen MR) is 95.0 cm³/mol. The van der Waals surface area contributed by atoms with Crippen molar-refractivity contribution >= 4 is 41.1 Å². The van der Waals surface area contributed by atoms with Crippen LogP contribution in [-0.2, 0) is 14.3 Å². The summed E-state index contributed by atoms with van der Waals surface area (Å²) in [4.78, 5) is 44.4. The van der Waals surface area contributed by atoms with E-state index in [2.05, 4.69) is 5.32 Å². The molecular weight excluding hydrogens is 380 g/mol. The highest BCUT2D eigenvalue weighted by molar-refractivity contribution is 6.33. The number of ether oxygens (including phenoxy) is 2. The van der Waals surface area contributed by atoms with Crippen LogP contribution in [0.5, 0.6) is 5.75 Å². The molecule has 2 rings (SSSR count). The van der Waals surface area contributed by atoms with Gasteiger partial charge in [-0.05, 0) is 18.2 Å². The van der Waals surface area contributed by atoms with E-state index in [0.29, 0.717) is 6.29 Å². The number of hydrogen-bond donors (Lipinski definition) is 1. The molecule has 0 aromatic heterocycles. The monoisotopic (exact) mass is 392 g/mol. The Morgan fingerprint density at radius 2 is 1.93 bits per heavy atom. The molecule has 2 aromatic carbocycles. The molecule has 1 amide bonds. The molecule has 0 spiro atoms. The first-order valence-electron chi connectivity index (χ1n) is 7.47. The van der Waals surface area contributed by atoms with Gasteiger partial charge in [-0.1, -0.05) is 23.7 Å². The third-order valence-electron chi connectivity index (χ3n) is 3.19. The number of anilines is 1. The number of rotatable bonds is 8. The predicted octanol–water partition coefficient (Wildman–Crippen LogP) is 2.62. The molecule has 27 heavy (non-hydrogen) atoms. The van der Waals surface area contributed by atoms with E-state index in [-0.39, 0.29) is 27.7 Å². The normalized spacial score (nSPS) is 9.96. The summed E-state index contributed by atoms with van der Waals surface area (Å²) in [7, 11) is 0. The Balaban J connectivity index is 1.85. The highest BCUT2D eigenvalue weighted by Gasteiger charge is 2.14. The number of halogens is 1. The van der Waals surface area contributed by atoms with Crippen LogP contribution < -0.4 is 10.1 Å². The van der Waals surface area contributed by atoms with E-state index >= 15 is 0 Å². The number of benzene rings is 2. The number of esters is 1. The van der Waals surface area contributed by atoms with Crippen LogP contribution >= 0.6 is 11.6 Å². The molecule has 0 radical (unpaired) electrons. The molecule has 0 atom stereocenters. The lowest BCUT2D eigenvalue weighted by atomic mass is 10.2. The summed E-state index contributed by atoms with van der Waals surface area (Å²) >= 11 is 5.86. The van der Waals surface area contributed by atoms with Crippen molar-refractivity contribution in [2.75, 3.05) is 18.5 Å². The quantitative estimate of drug-likeness (QED) is 0.317. The zero-order valence-electron chi connectivity index (χ0n) is 13.7. The summed E-state index contributed by atoms with van der Waals surface area (Å²) in [5.74, 6) is -1.37. The van der Waals surface area contributed by atoms with Crippen LogP contribution in [0.3, 0.4) is 0 Å². The summed E-state index contributed by atoms with van der Waals surface area (Å²) in [5.41, 5.74) is 0.0281. The van der Waals surface area contributed by atoms with Crippen molar-refractivity contribution in [2.24, 2.45) is 0 Å². The molecule has 0 heterocycles. The molecule has 0 saturated heterocycles. The zero-order valence-corrected chi connectivity index (χ0v) is 14.5. The molecular formula is C17H13ClN2O7. The number of nitrogens with zero attached hydrogens (tertiary/aromatic N) is 1. The van der Waals surface area contributed by atoms with Gasteiger partial charge in [0.05, 0.1) is 21.2 Å². The Morgan fingerprint density at radius 1 is 1.19 bits per heavy atom. The van der Waals surface area contributed by atoms with Crippen LogP contribution in [0.2, 0.25) is 5.02 Å². The molecule has 10 heteroatoms. The summed E-state index contributed by atoms with van der Waals surface area (Å²) in [6, 6.07) is 9.83. The average molecular weight is 393 g/mol. The Hall–Kier alpha value is -3.46. The number of nitrogens with one attached hydrogen (secondary N) is 1. The van der Waals surface area contributed by atoms with E-state index in [0.717, 1.165) is 6.07 Å². The first-order chi connectivity index (χ1) is 12.9. The second-order valence-electron chi connectivity index (χ2n) is 5.07. The highest BCUT2D eigenvalue weighted by Crippen LogP contribution is 2.26. The summed E-state index contributed by atoms with van der Waals surface area (Å²) < 4.78 is 9.92. The number of nitro groups is 1. The van der Waals surface area contributed by atoms with Crippen LogP contribution in [0.25, 0.3) is 0 Å². The Bertz CT molecular complexity index is 885. The lowest BCUT2D eigenvalue weighted by molar-refractivity contribution is -0.384. The van der Waals surface area contributed by atoms with Crippen LogP contribution in [0.4, 0.5) is 11.4 Å². The maximum absolute atomic E-state index is 11.8. The van der Waals surface area contributed by atoms with Gasteiger partial charge in [0.2, 0.25) is 0 Å². The number of para-hydroxylation sites is 1. The molecule has 0 fully saturated rings. The number of amides is 1. The Labute approximate surface area is 158 Å². The van der Waals surface area contributed by atoms with Gasteiger partial charge in [-0.25, -0.2) is 4.79 Å². The maximum atomic E-state index is 11.8. The van der Waals surface area contributed by atoms with Crippen molar-refractivity contribution in [3.05, 3.63) is 63.2 Å². The first-order valence-corrected chi connectivity index (χ1v) is 7.85. The fraction of sp³-hybridized carbons (Fsp3) is 0.118. The van der Waals surface area contributed by atoms with Gasteiger partial charge in [0, 0.05) is 12.1 Å². The third-order valence-corrected chi connectivity index (χ3v) is 3.52.